The lowest BCUT2D eigenvalue weighted by molar-refractivity contribution is -0.128. The van der Waals surface area contributed by atoms with Gasteiger partial charge in [-0.25, -0.2) is 0 Å². The van der Waals surface area contributed by atoms with Gasteiger partial charge < -0.3 is 15.2 Å². The fourth-order valence-electron chi connectivity index (χ4n) is 4.72. The van der Waals surface area contributed by atoms with Gasteiger partial charge in [0.05, 0.1) is 6.61 Å². The molecular weight excluding hydrogens is 336 g/mol. The summed E-state index contributed by atoms with van der Waals surface area (Å²) in [6, 6.07) is 0. The third-order valence-corrected chi connectivity index (χ3v) is 6.58. The zero-order valence-electron chi connectivity index (χ0n) is 17.0. The summed E-state index contributed by atoms with van der Waals surface area (Å²) in [6.45, 7) is 2.62. The molecule has 0 aromatic heterocycles. The minimum atomic E-state index is -0.818. The average molecular weight is 377 g/mol. The highest BCUT2D eigenvalue weighted by atomic mass is 16.6. The molecule has 3 N–H and O–H groups in total. The molecule has 0 aromatic carbocycles. The molecule has 3 aliphatic rings. The van der Waals surface area contributed by atoms with E-state index in [9.17, 15) is 5.11 Å². The van der Waals surface area contributed by atoms with Crippen molar-refractivity contribution in [1.29, 1.82) is 0 Å². The number of rotatable bonds is 9. The van der Waals surface area contributed by atoms with Gasteiger partial charge in [-0.2, -0.15) is 0 Å². The van der Waals surface area contributed by atoms with Crippen molar-refractivity contribution in [1.82, 2.24) is 10.6 Å². The fraction of sp³-hybridized carbons (Fsp3) is 0.826. The van der Waals surface area contributed by atoms with Crippen LogP contribution in [-0.2, 0) is 4.74 Å². The molecule has 0 bridgehead atoms. The summed E-state index contributed by atoms with van der Waals surface area (Å²) in [5.41, 5.74) is 1.62. The second-order valence-corrected chi connectivity index (χ2v) is 8.87. The van der Waals surface area contributed by atoms with Crippen LogP contribution in [-0.4, -0.2) is 31.2 Å². The van der Waals surface area contributed by atoms with Gasteiger partial charge in [-0.05, 0) is 88.7 Å². The fourth-order valence-corrected chi connectivity index (χ4v) is 4.72. The minimum Gasteiger partial charge on any atom is -0.391 e. The van der Waals surface area contributed by atoms with E-state index in [0.29, 0.717) is 18.4 Å². The maximum Gasteiger partial charge on any atom is 0.213 e. The molecule has 4 nitrogen and oxygen atoms in total. The van der Waals surface area contributed by atoms with Crippen LogP contribution < -0.4 is 10.6 Å². The molecule has 0 aliphatic heterocycles. The van der Waals surface area contributed by atoms with Crippen LogP contribution in [0, 0.1) is 17.8 Å². The van der Waals surface area contributed by atoms with Gasteiger partial charge in [0.1, 0.15) is 0 Å². The van der Waals surface area contributed by atoms with E-state index in [-0.39, 0.29) is 0 Å². The molecule has 4 heteroatoms. The van der Waals surface area contributed by atoms with Crippen molar-refractivity contribution in [2.24, 2.45) is 17.8 Å². The van der Waals surface area contributed by atoms with Crippen LogP contribution in [0.5, 0.6) is 0 Å². The molecular formula is C23H40N2O2. The van der Waals surface area contributed by atoms with Gasteiger partial charge in [-0.1, -0.05) is 24.1 Å². The van der Waals surface area contributed by atoms with E-state index in [2.05, 4.69) is 29.0 Å². The summed E-state index contributed by atoms with van der Waals surface area (Å²) in [5.74, 6) is 1.95. The van der Waals surface area contributed by atoms with Gasteiger partial charge in [0.25, 0.3) is 0 Å². The van der Waals surface area contributed by atoms with Gasteiger partial charge in [0.15, 0.2) is 0 Å². The summed E-state index contributed by atoms with van der Waals surface area (Å²) in [7, 11) is 0. The number of ether oxygens (including phenoxy) is 1. The summed E-state index contributed by atoms with van der Waals surface area (Å²) >= 11 is 0. The predicted molar refractivity (Wildman–Crippen MR) is 111 cm³/mol. The highest BCUT2D eigenvalue weighted by Crippen LogP contribution is 2.28. The van der Waals surface area contributed by atoms with Gasteiger partial charge in [0, 0.05) is 19.0 Å². The largest absolute Gasteiger partial charge is 0.391 e. The molecule has 0 radical (unpaired) electrons. The second kappa shape index (κ2) is 11.9. The third kappa shape index (κ3) is 7.97. The van der Waals surface area contributed by atoms with E-state index in [1.54, 1.807) is 5.57 Å². The Morgan fingerprint density at radius 2 is 1.74 bits per heavy atom. The van der Waals surface area contributed by atoms with E-state index in [0.717, 1.165) is 19.0 Å². The number of hydrogen-bond donors (Lipinski definition) is 3. The maximum atomic E-state index is 10.0. The molecule has 3 rings (SSSR count). The Kier molecular flexibility index (Phi) is 9.19. The SMILES string of the molecule is OC(NCC1CCC(CNC=C2CCCCC2)CC1)OCC1C=CCCC1. The Labute approximate surface area is 165 Å². The molecule has 3 aliphatic carbocycles. The zero-order valence-corrected chi connectivity index (χ0v) is 17.0. The van der Waals surface area contributed by atoms with Crippen LogP contribution in [0.2, 0.25) is 0 Å². The molecule has 154 valence electrons. The van der Waals surface area contributed by atoms with Crippen LogP contribution in [0.25, 0.3) is 0 Å². The second-order valence-electron chi connectivity index (χ2n) is 8.87. The first-order chi connectivity index (χ1) is 13.3. The van der Waals surface area contributed by atoms with Crippen molar-refractivity contribution in [3.8, 4) is 0 Å². The molecule has 2 fully saturated rings. The first-order valence-electron chi connectivity index (χ1n) is 11.4. The number of aliphatic hydroxyl groups is 1. The first-order valence-corrected chi connectivity index (χ1v) is 11.4. The Bertz CT molecular complexity index is 461. The maximum absolute atomic E-state index is 10.0. The number of nitrogens with one attached hydrogen (secondary N) is 2. The normalized spacial score (nSPS) is 30.1. The summed E-state index contributed by atoms with van der Waals surface area (Å²) < 4.78 is 5.58. The lowest BCUT2D eigenvalue weighted by atomic mass is 9.82. The molecule has 27 heavy (non-hydrogen) atoms. The molecule has 0 amide bonds. The molecule has 0 aromatic rings. The van der Waals surface area contributed by atoms with Crippen LogP contribution >= 0.6 is 0 Å². The molecule has 0 heterocycles. The van der Waals surface area contributed by atoms with Crippen LogP contribution in [0.15, 0.2) is 23.9 Å². The van der Waals surface area contributed by atoms with Crippen molar-refractivity contribution < 1.29 is 9.84 Å². The molecule has 2 unspecified atom stereocenters. The van der Waals surface area contributed by atoms with Crippen molar-refractivity contribution in [3.63, 3.8) is 0 Å². The van der Waals surface area contributed by atoms with Gasteiger partial charge in [-0.15, -0.1) is 0 Å². The Balaban J connectivity index is 1.22. The van der Waals surface area contributed by atoms with E-state index in [1.165, 1.54) is 77.0 Å². The first kappa shape index (κ1) is 20.9. The van der Waals surface area contributed by atoms with Crippen LogP contribution in [0.1, 0.15) is 77.0 Å². The third-order valence-electron chi connectivity index (χ3n) is 6.58. The zero-order chi connectivity index (χ0) is 18.7. The van der Waals surface area contributed by atoms with E-state index in [4.69, 9.17) is 4.74 Å². The van der Waals surface area contributed by atoms with Crippen molar-refractivity contribution in [3.05, 3.63) is 23.9 Å². The topological polar surface area (TPSA) is 53.5 Å². The molecule has 2 atom stereocenters. The minimum absolute atomic E-state index is 0.474. The van der Waals surface area contributed by atoms with Crippen LogP contribution in [0.3, 0.4) is 0 Å². The Morgan fingerprint density at radius 3 is 2.44 bits per heavy atom. The summed E-state index contributed by atoms with van der Waals surface area (Å²) in [5, 5.41) is 16.8. The van der Waals surface area contributed by atoms with Gasteiger partial charge >= 0.3 is 0 Å². The quantitative estimate of drug-likeness (QED) is 0.410. The van der Waals surface area contributed by atoms with Gasteiger partial charge in [-0.3, -0.25) is 5.32 Å². The highest BCUT2D eigenvalue weighted by Gasteiger charge is 2.21. The Hall–Kier alpha value is -0.840. The standard InChI is InChI=1S/C23H40N2O2/c26-23(27-18-22-9-5-2-6-10-22)25-17-21-13-11-20(12-14-21)16-24-15-19-7-3-1-4-8-19/h5,9,15,20-26H,1-4,6-8,10-14,16-18H2. The average Bonchev–Trinajstić information content (AvgIpc) is 2.73. The van der Waals surface area contributed by atoms with Gasteiger partial charge in [0.2, 0.25) is 6.41 Å². The molecule has 2 saturated carbocycles. The molecule has 0 spiro atoms. The summed E-state index contributed by atoms with van der Waals surface area (Å²) in [6.07, 6.45) is 21.4. The van der Waals surface area contributed by atoms with E-state index < -0.39 is 6.41 Å². The van der Waals surface area contributed by atoms with E-state index in [1.807, 2.05) is 0 Å². The number of aliphatic hydroxyl groups excluding tert-OH is 1. The monoisotopic (exact) mass is 376 g/mol. The van der Waals surface area contributed by atoms with Crippen molar-refractivity contribution in [2.75, 3.05) is 19.7 Å². The number of hydrogen-bond acceptors (Lipinski definition) is 4. The predicted octanol–water partition coefficient (Wildman–Crippen LogP) is 4.47. The Morgan fingerprint density at radius 1 is 1.00 bits per heavy atom. The summed E-state index contributed by atoms with van der Waals surface area (Å²) in [4.78, 5) is 0. The number of allylic oxidation sites excluding steroid dienone is 2. The highest BCUT2D eigenvalue weighted by molar-refractivity contribution is 5.03. The van der Waals surface area contributed by atoms with Crippen molar-refractivity contribution in [2.45, 2.75) is 83.5 Å². The van der Waals surface area contributed by atoms with Crippen LogP contribution in [0.4, 0.5) is 0 Å². The lowest BCUT2D eigenvalue weighted by Gasteiger charge is -2.29. The smallest absolute Gasteiger partial charge is 0.213 e. The van der Waals surface area contributed by atoms with E-state index >= 15 is 0 Å². The van der Waals surface area contributed by atoms with Crippen molar-refractivity contribution >= 4 is 0 Å². The lowest BCUT2D eigenvalue weighted by Crippen LogP contribution is -2.37. The molecule has 0 saturated heterocycles.